The van der Waals surface area contributed by atoms with Crippen LogP contribution >= 0.6 is 0 Å². The molecule has 4 rings (SSSR count). The largest absolute Gasteiger partial charge is 0.444 e. The van der Waals surface area contributed by atoms with Gasteiger partial charge in [0.05, 0.1) is 6.20 Å². The molecule has 2 aliphatic heterocycles. The molecule has 1 amide bonds. The lowest BCUT2D eigenvalue weighted by Gasteiger charge is -2.40. The molecule has 4 heterocycles. The van der Waals surface area contributed by atoms with Crippen LogP contribution in [0.2, 0.25) is 0 Å². The van der Waals surface area contributed by atoms with Crippen LogP contribution < -0.4 is 5.32 Å². The van der Waals surface area contributed by atoms with Crippen LogP contribution in [0.3, 0.4) is 0 Å². The van der Waals surface area contributed by atoms with Gasteiger partial charge in [-0.15, -0.1) is 0 Å². The summed E-state index contributed by atoms with van der Waals surface area (Å²) in [6.07, 6.45) is 2.10. The summed E-state index contributed by atoms with van der Waals surface area (Å²) in [6, 6.07) is 1.61. The van der Waals surface area contributed by atoms with Gasteiger partial charge in [0.25, 0.3) is 6.43 Å². The summed E-state index contributed by atoms with van der Waals surface area (Å²) in [7, 11) is 0. The van der Waals surface area contributed by atoms with E-state index in [1.54, 1.807) is 10.7 Å². The van der Waals surface area contributed by atoms with Crippen molar-refractivity contribution in [2.75, 3.05) is 5.32 Å². The van der Waals surface area contributed by atoms with Crippen LogP contribution in [0, 0.1) is 0 Å². The first kappa shape index (κ1) is 21.8. The highest BCUT2D eigenvalue weighted by molar-refractivity contribution is 5.70. The van der Waals surface area contributed by atoms with E-state index in [4.69, 9.17) is 4.74 Å². The van der Waals surface area contributed by atoms with E-state index in [2.05, 4.69) is 15.4 Å². The molecule has 170 valence electrons. The van der Waals surface area contributed by atoms with Gasteiger partial charge in [0.2, 0.25) is 0 Å². The Kier molecular flexibility index (Phi) is 5.55. The van der Waals surface area contributed by atoms with Gasteiger partial charge in [0.1, 0.15) is 17.1 Å². The molecule has 0 spiro atoms. The first-order valence-corrected chi connectivity index (χ1v) is 11.0. The Morgan fingerprint density at radius 1 is 1.23 bits per heavy atom. The van der Waals surface area contributed by atoms with Crippen molar-refractivity contribution in [3.05, 3.63) is 23.5 Å². The summed E-state index contributed by atoms with van der Waals surface area (Å²) >= 11 is 0. The number of anilines is 1. The number of carbonyl (C=O) groups excluding carboxylic acids is 1. The second-order valence-corrected chi connectivity index (χ2v) is 9.94. The predicted molar refractivity (Wildman–Crippen MR) is 114 cm³/mol. The maximum absolute atomic E-state index is 13.5. The minimum absolute atomic E-state index is 0.0546. The summed E-state index contributed by atoms with van der Waals surface area (Å²) < 4.78 is 34.3. The molecule has 2 saturated heterocycles. The Morgan fingerprint density at radius 2 is 1.87 bits per heavy atom. The molecule has 7 nitrogen and oxygen atoms in total. The molecule has 9 heteroatoms. The number of hydrogen-bond acceptors (Lipinski definition) is 5. The van der Waals surface area contributed by atoms with E-state index in [1.807, 2.05) is 39.5 Å². The number of ether oxygens (including phenoxy) is 1. The van der Waals surface area contributed by atoms with Crippen LogP contribution in [0.4, 0.5) is 19.4 Å². The Labute approximate surface area is 181 Å². The highest BCUT2D eigenvalue weighted by atomic mass is 19.3. The van der Waals surface area contributed by atoms with Gasteiger partial charge in [-0.2, -0.15) is 9.61 Å². The maximum Gasteiger partial charge on any atom is 0.410 e. The zero-order valence-corrected chi connectivity index (χ0v) is 18.7. The number of alkyl halides is 2. The highest BCUT2D eigenvalue weighted by Gasteiger charge is 2.45. The second-order valence-electron chi connectivity index (χ2n) is 9.94. The Balaban J connectivity index is 1.56. The fourth-order valence-electron chi connectivity index (χ4n) is 4.74. The average Bonchev–Trinajstić information content (AvgIpc) is 3.19. The van der Waals surface area contributed by atoms with E-state index < -0.39 is 12.0 Å². The van der Waals surface area contributed by atoms with Crippen LogP contribution in [-0.4, -0.2) is 49.3 Å². The van der Waals surface area contributed by atoms with Crippen LogP contribution in [-0.2, 0) is 4.74 Å². The lowest BCUT2D eigenvalue weighted by Crippen LogP contribution is -2.51. The lowest BCUT2D eigenvalue weighted by atomic mass is 9.97. The SMILES string of the molecule is CC(C)c1cnn2c(NC3CC4CCC(C3)N4C(=O)OC(C)(C)C)cc(C(F)F)nc12. The number of halogens is 2. The molecule has 0 radical (unpaired) electrons. The molecule has 0 aromatic carbocycles. The van der Waals surface area contributed by atoms with Gasteiger partial charge in [0, 0.05) is 29.8 Å². The van der Waals surface area contributed by atoms with E-state index >= 15 is 0 Å². The molecular weight excluding hydrogens is 404 g/mol. The summed E-state index contributed by atoms with van der Waals surface area (Å²) in [4.78, 5) is 18.7. The zero-order chi connectivity index (χ0) is 22.5. The van der Waals surface area contributed by atoms with E-state index in [0.29, 0.717) is 11.5 Å². The van der Waals surface area contributed by atoms with E-state index in [9.17, 15) is 13.6 Å². The third kappa shape index (κ3) is 4.32. The van der Waals surface area contributed by atoms with Crippen LogP contribution in [0.5, 0.6) is 0 Å². The molecule has 2 unspecified atom stereocenters. The molecule has 0 aliphatic carbocycles. The molecule has 0 saturated carbocycles. The normalized spacial score (nSPS) is 23.8. The minimum atomic E-state index is -2.66. The first-order chi connectivity index (χ1) is 14.5. The van der Waals surface area contributed by atoms with Gasteiger partial charge in [0.15, 0.2) is 5.65 Å². The molecule has 2 atom stereocenters. The van der Waals surface area contributed by atoms with Gasteiger partial charge in [-0.3, -0.25) is 0 Å². The molecule has 2 aromatic rings. The van der Waals surface area contributed by atoms with E-state index in [1.165, 1.54) is 6.07 Å². The second kappa shape index (κ2) is 7.91. The number of rotatable bonds is 4. The number of amides is 1. The quantitative estimate of drug-likeness (QED) is 0.721. The van der Waals surface area contributed by atoms with Gasteiger partial charge in [-0.25, -0.2) is 18.6 Å². The van der Waals surface area contributed by atoms with Crippen molar-refractivity contribution in [3.63, 3.8) is 0 Å². The van der Waals surface area contributed by atoms with Crippen molar-refractivity contribution < 1.29 is 18.3 Å². The Hall–Kier alpha value is -2.45. The highest BCUT2D eigenvalue weighted by Crippen LogP contribution is 2.38. The van der Waals surface area contributed by atoms with Crippen LogP contribution in [0.25, 0.3) is 5.65 Å². The molecule has 2 aromatic heterocycles. The number of nitrogens with one attached hydrogen (secondary N) is 1. The summed E-state index contributed by atoms with van der Waals surface area (Å²) in [6.45, 7) is 9.58. The maximum atomic E-state index is 13.5. The van der Waals surface area contributed by atoms with Gasteiger partial charge in [-0.05, 0) is 52.4 Å². The summed E-state index contributed by atoms with van der Waals surface area (Å²) in [5.74, 6) is 0.640. The number of hydrogen-bond donors (Lipinski definition) is 1. The third-order valence-corrected chi connectivity index (χ3v) is 6.05. The predicted octanol–water partition coefficient (Wildman–Crippen LogP) is 5.13. The topological polar surface area (TPSA) is 71.8 Å². The van der Waals surface area contributed by atoms with Gasteiger partial charge >= 0.3 is 6.09 Å². The molecule has 2 aliphatic rings. The van der Waals surface area contributed by atoms with E-state index in [0.717, 1.165) is 31.2 Å². The molecular formula is C22H31F2N5O2. The number of aromatic nitrogens is 3. The molecule has 2 bridgehead atoms. The number of nitrogens with zero attached hydrogens (tertiary/aromatic N) is 4. The van der Waals surface area contributed by atoms with Gasteiger partial charge in [-0.1, -0.05) is 13.8 Å². The lowest BCUT2D eigenvalue weighted by molar-refractivity contribution is 0.00681. The van der Waals surface area contributed by atoms with Gasteiger partial charge < -0.3 is 15.0 Å². The molecule has 1 N–H and O–H groups in total. The van der Waals surface area contributed by atoms with Crippen molar-refractivity contribution >= 4 is 17.6 Å². The third-order valence-electron chi connectivity index (χ3n) is 6.05. The number of fused-ring (bicyclic) bond motifs is 3. The fourth-order valence-corrected chi connectivity index (χ4v) is 4.74. The Morgan fingerprint density at radius 3 is 2.42 bits per heavy atom. The van der Waals surface area contributed by atoms with Crippen molar-refractivity contribution in [2.45, 2.75) is 96.4 Å². The average molecular weight is 436 g/mol. The standard InChI is InChI=1S/C22H31F2N5O2/c1-12(2)16-11-25-29-18(10-17(19(23)24)27-20(16)29)26-13-8-14-6-7-15(9-13)28(14)21(30)31-22(3,4)5/h10-15,19,26H,6-9H2,1-5H3. The summed E-state index contributed by atoms with van der Waals surface area (Å²) in [5, 5.41) is 7.83. The minimum Gasteiger partial charge on any atom is -0.444 e. The van der Waals surface area contributed by atoms with E-state index in [-0.39, 0.29) is 35.8 Å². The first-order valence-electron chi connectivity index (χ1n) is 11.0. The van der Waals surface area contributed by atoms with Crippen molar-refractivity contribution in [3.8, 4) is 0 Å². The number of piperidine rings is 1. The van der Waals surface area contributed by atoms with Crippen molar-refractivity contribution in [1.29, 1.82) is 0 Å². The smallest absolute Gasteiger partial charge is 0.410 e. The Bertz CT molecular complexity index is 955. The van der Waals surface area contributed by atoms with Crippen LogP contribution in [0.15, 0.2) is 12.3 Å². The van der Waals surface area contributed by atoms with Crippen molar-refractivity contribution in [2.24, 2.45) is 0 Å². The molecule has 31 heavy (non-hydrogen) atoms. The number of carbonyl (C=O) groups is 1. The van der Waals surface area contributed by atoms with Crippen LogP contribution in [0.1, 0.15) is 83.9 Å². The van der Waals surface area contributed by atoms with Crippen molar-refractivity contribution in [1.82, 2.24) is 19.5 Å². The monoisotopic (exact) mass is 435 g/mol. The molecule has 2 fully saturated rings. The fraction of sp³-hybridized carbons (Fsp3) is 0.682. The summed E-state index contributed by atoms with van der Waals surface area (Å²) in [5.41, 5.74) is 0.509. The zero-order valence-electron chi connectivity index (χ0n) is 18.7.